The van der Waals surface area contributed by atoms with E-state index < -0.39 is 6.10 Å². The van der Waals surface area contributed by atoms with E-state index in [1.807, 2.05) is 0 Å². The van der Waals surface area contributed by atoms with Crippen molar-refractivity contribution in [2.45, 2.75) is 329 Å². The summed E-state index contributed by atoms with van der Waals surface area (Å²) in [4.78, 5) is 38.4. The summed E-state index contributed by atoms with van der Waals surface area (Å²) in [5, 5.41) is 0. The fourth-order valence-electron chi connectivity index (χ4n) is 9.57. The molecule has 6 heteroatoms. The molecule has 468 valence electrons. The van der Waals surface area contributed by atoms with Crippen molar-refractivity contribution in [3.63, 3.8) is 0 Å². The summed E-state index contributed by atoms with van der Waals surface area (Å²) in [7, 11) is 0. The third-order valence-electron chi connectivity index (χ3n) is 14.7. The molecule has 6 nitrogen and oxygen atoms in total. The zero-order chi connectivity index (χ0) is 59.2. The smallest absolute Gasteiger partial charge is 0.306 e. The van der Waals surface area contributed by atoms with E-state index in [0.717, 1.165) is 122 Å². The normalized spacial score (nSPS) is 12.9. The molecule has 0 aromatic rings. The summed E-state index contributed by atoms with van der Waals surface area (Å²) < 4.78 is 16.9. The van der Waals surface area contributed by atoms with Gasteiger partial charge < -0.3 is 14.2 Å². The van der Waals surface area contributed by atoms with Crippen LogP contribution in [0.25, 0.3) is 0 Å². The second-order valence-electron chi connectivity index (χ2n) is 22.7. The monoisotopic (exact) mass is 1140 g/mol. The third kappa shape index (κ3) is 66.6. The number of unbranched alkanes of at least 4 members (excludes halogenated alkanes) is 31. The molecule has 0 N–H and O–H groups in total. The third-order valence-corrected chi connectivity index (χ3v) is 14.7. The standard InChI is InChI=1S/C76H128O6/c1-4-7-10-13-16-19-22-25-28-30-32-33-34-35-36-37-38-39-40-41-42-43-44-46-48-51-54-57-60-63-66-69-75(78)81-72-73(71-80-74(77)68-65-62-59-56-53-50-47-27-24-21-18-15-12-9-6-3)82-76(79)70-67-64-61-58-55-52-49-45-31-29-26-23-20-17-14-11-8-5-2/h7,9-10,12,16,18-21,23,25,27-29,31-33,47,53,56,73H,4-6,8,11,13-15,17,22,24,26,30,34-46,48-52,54-55,57-72H2,1-3H3/b10-7-,12-9-,19-16-,21-18-,23-20-,28-25-,31-29-,33-32-,47-27-,56-53-. The second kappa shape index (κ2) is 69.3. The molecule has 0 aliphatic heterocycles. The fraction of sp³-hybridized carbons (Fsp3) is 0.697. The zero-order valence-corrected chi connectivity index (χ0v) is 53.7. The molecule has 82 heavy (non-hydrogen) atoms. The average molecular weight is 1140 g/mol. The quantitative estimate of drug-likeness (QED) is 0.0261. The molecular formula is C76H128O6. The Morgan fingerprint density at radius 1 is 0.256 bits per heavy atom. The van der Waals surface area contributed by atoms with Crippen molar-refractivity contribution in [3.8, 4) is 0 Å². The number of rotatable bonds is 62. The van der Waals surface area contributed by atoms with E-state index in [4.69, 9.17) is 14.2 Å². The molecule has 0 rings (SSSR count). The molecule has 0 saturated carbocycles. The van der Waals surface area contributed by atoms with Crippen molar-refractivity contribution in [3.05, 3.63) is 122 Å². The van der Waals surface area contributed by atoms with Crippen molar-refractivity contribution >= 4 is 17.9 Å². The lowest BCUT2D eigenvalue weighted by Gasteiger charge is -2.18. The van der Waals surface area contributed by atoms with Gasteiger partial charge in [-0.05, 0) is 128 Å². The molecule has 0 heterocycles. The molecule has 0 aromatic carbocycles. The van der Waals surface area contributed by atoms with E-state index in [-0.39, 0.29) is 31.1 Å². The Balaban J connectivity index is 4.27. The summed E-state index contributed by atoms with van der Waals surface area (Å²) in [6.07, 6.45) is 96.6. The molecule has 0 aliphatic carbocycles. The molecule has 0 amide bonds. The maximum absolute atomic E-state index is 12.9. The Morgan fingerprint density at radius 3 is 0.768 bits per heavy atom. The molecular weight excluding hydrogens is 1010 g/mol. The van der Waals surface area contributed by atoms with Gasteiger partial charge in [0.25, 0.3) is 0 Å². The van der Waals surface area contributed by atoms with Gasteiger partial charge in [-0.2, -0.15) is 0 Å². The van der Waals surface area contributed by atoms with Crippen LogP contribution in [0.4, 0.5) is 0 Å². The van der Waals surface area contributed by atoms with E-state index in [1.54, 1.807) is 0 Å². The van der Waals surface area contributed by atoms with Crippen LogP contribution in [0.5, 0.6) is 0 Å². The number of ether oxygens (including phenoxy) is 3. The molecule has 0 fully saturated rings. The number of esters is 3. The van der Waals surface area contributed by atoms with E-state index in [9.17, 15) is 14.4 Å². The maximum Gasteiger partial charge on any atom is 0.306 e. The van der Waals surface area contributed by atoms with Gasteiger partial charge in [0.05, 0.1) is 0 Å². The van der Waals surface area contributed by atoms with Crippen LogP contribution in [0, 0.1) is 0 Å². The lowest BCUT2D eigenvalue weighted by molar-refractivity contribution is -0.167. The van der Waals surface area contributed by atoms with Gasteiger partial charge in [-0.15, -0.1) is 0 Å². The Hall–Kier alpha value is -4.19. The number of hydrogen-bond acceptors (Lipinski definition) is 6. The van der Waals surface area contributed by atoms with E-state index in [1.165, 1.54) is 161 Å². The van der Waals surface area contributed by atoms with Gasteiger partial charge in [0.2, 0.25) is 0 Å². The topological polar surface area (TPSA) is 78.9 Å². The first kappa shape index (κ1) is 77.8. The van der Waals surface area contributed by atoms with Crippen molar-refractivity contribution < 1.29 is 28.6 Å². The first-order valence-corrected chi connectivity index (χ1v) is 34.5. The first-order valence-electron chi connectivity index (χ1n) is 34.5. The highest BCUT2D eigenvalue weighted by Gasteiger charge is 2.19. The van der Waals surface area contributed by atoms with Crippen LogP contribution < -0.4 is 0 Å². The maximum atomic E-state index is 12.9. The molecule has 0 aromatic heterocycles. The van der Waals surface area contributed by atoms with Crippen LogP contribution in [-0.2, 0) is 28.6 Å². The number of allylic oxidation sites excluding steroid dienone is 20. The van der Waals surface area contributed by atoms with Crippen LogP contribution in [0.2, 0.25) is 0 Å². The average Bonchev–Trinajstić information content (AvgIpc) is 3.47. The summed E-state index contributed by atoms with van der Waals surface area (Å²) in [6.45, 7) is 6.38. The van der Waals surface area contributed by atoms with Crippen molar-refractivity contribution in [1.29, 1.82) is 0 Å². The lowest BCUT2D eigenvalue weighted by Crippen LogP contribution is -2.30. The van der Waals surface area contributed by atoms with Gasteiger partial charge in [-0.1, -0.05) is 296 Å². The van der Waals surface area contributed by atoms with Crippen LogP contribution in [0.3, 0.4) is 0 Å². The minimum atomic E-state index is -0.802. The molecule has 1 unspecified atom stereocenters. The molecule has 0 spiro atoms. The Morgan fingerprint density at radius 2 is 0.476 bits per heavy atom. The molecule has 0 radical (unpaired) electrons. The summed E-state index contributed by atoms with van der Waals surface area (Å²) in [5.41, 5.74) is 0. The summed E-state index contributed by atoms with van der Waals surface area (Å²) in [5.74, 6) is -0.935. The van der Waals surface area contributed by atoms with Gasteiger partial charge in [0.1, 0.15) is 13.2 Å². The van der Waals surface area contributed by atoms with Crippen molar-refractivity contribution in [2.75, 3.05) is 13.2 Å². The van der Waals surface area contributed by atoms with Crippen LogP contribution >= 0.6 is 0 Å². The van der Waals surface area contributed by atoms with Crippen molar-refractivity contribution in [1.82, 2.24) is 0 Å². The van der Waals surface area contributed by atoms with E-state index in [2.05, 4.69) is 142 Å². The Bertz CT molecular complexity index is 1690. The van der Waals surface area contributed by atoms with E-state index in [0.29, 0.717) is 19.3 Å². The van der Waals surface area contributed by atoms with E-state index >= 15 is 0 Å². The van der Waals surface area contributed by atoms with Crippen molar-refractivity contribution in [2.24, 2.45) is 0 Å². The Labute approximate surface area is 507 Å². The summed E-state index contributed by atoms with van der Waals surface area (Å²) in [6, 6.07) is 0. The van der Waals surface area contributed by atoms with Gasteiger partial charge in [-0.25, -0.2) is 0 Å². The zero-order valence-electron chi connectivity index (χ0n) is 53.7. The highest BCUT2D eigenvalue weighted by molar-refractivity contribution is 5.71. The minimum Gasteiger partial charge on any atom is -0.462 e. The van der Waals surface area contributed by atoms with Gasteiger partial charge in [0, 0.05) is 19.3 Å². The fourth-order valence-corrected chi connectivity index (χ4v) is 9.57. The Kier molecular flexibility index (Phi) is 65.8. The highest BCUT2D eigenvalue weighted by atomic mass is 16.6. The molecule has 0 bridgehead atoms. The van der Waals surface area contributed by atoms with Gasteiger partial charge in [-0.3, -0.25) is 14.4 Å². The highest BCUT2D eigenvalue weighted by Crippen LogP contribution is 2.17. The lowest BCUT2D eigenvalue weighted by atomic mass is 10.0. The predicted octanol–water partition coefficient (Wildman–Crippen LogP) is 23.9. The number of carbonyl (C=O) groups is 3. The first-order chi connectivity index (χ1) is 40.5. The molecule has 0 aliphatic rings. The molecule has 0 saturated heterocycles. The largest absolute Gasteiger partial charge is 0.462 e. The SMILES string of the molecule is CC/C=C\C/C=C\C/C=C\C/C=C\CCCCCCCCCCCCCCCCCCCCC(=O)OCC(COC(=O)CCCC/C=C\C/C=C\C/C=C\C/C=C\CC)OC(=O)CCCCCCCCC/C=C\C/C=C\CCCCCC. The van der Waals surface area contributed by atoms with Gasteiger partial charge in [0.15, 0.2) is 6.10 Å². The van der Waals surface area contributed by atoms with Crippen LogP contribution in [0.1, 0.15) is 323 Å². The van der Waals surface area contributed by atoms with Crippen LogP contribution in [-0.4, -0.2) is 37.2 Å². The second-order valence-corrected chi connectivity index (χ2v) is 22.7. The summed E-state index contributed by atoms with van der Waals surface area (Å²) >= 11 is 0. The van der Waals surface area contributed by atoms with Crippen LogP contribution in [0.15, 0.2) is 122 Å². The number of carbonyl (C=O) groups excluding carboxylic acids is 3. The molecule has 1 atom stereocenters. The predicted molar refractivity (Wildman–Crippen MR) is 357 cm³/mol. The minimum absolute atomic E-state index is 0.0939. The number of hydrogen-bond donors (Lipinski definition) is 0. The van der Waals surface area contributed by atoms with Gasteiger partial charge >= 0.3 is 17.9 Å².